The first-order valence-corrected chi connectivity index (χ1v) is 5.18. The third kappa shape index (κ3) is 1.79. The van der Waals surface area contributed by atoms with Crippen molar-refractivity contribution in [1.29, 1.82) is 0 Å². The molecule has 3 nitrogen and oxygen atoms in total. The standard InChI is InChI=1S/C12H17NO2/c1-12(8-13-2)7-9-5-4-6-10(14-3)11(9)15-12/h4-6,13H,7-8H2,1-3H3. The van der Waals surface area contributed by atoms with Crippen LogP contribution in [0.25, 0.3) is 0 Å². The minimum Gasteiger partial charge on any atom is -0.493 e. The van der Waals surface area contributed by atoms with Gasteiger partial charge in [-0.3, -0.25) is 0 Å². The summed E-state index contributed by atoms with van der Waals surface area (Å²) in [6.45, 7) is 2.95. The predicted octanol–water partition coefficient (Wildman–Crippen LogP) is 1.61. The van der Waals surface area contributed by atoms with E-state index in [0.717, 1.165) is 24.5 Å². The molecule has 15 heavy (non-hydrogen) atoms. The number of rotatable bonds is 3. The van der Waals surface area contributed by atoms with Crippen LogP contribution in [-0.2, 0) is 6.42 Å². The molecule has 0 saturated carbocycles. The molecule has 3 heteroatoms. The van der Waals surface area contributed by atoms with Crippen molar-refractivity contribution in [1.82, 2.24) is 5.32 Å². The van der Waals surface area contributed by atoms with Gasteiger partial charge >= 0.3 is 0 Å². The molecule has 0 amide bonds. The van der Waals surface area contributed by atoms with Crippen LogP contribution in [0, 0.1) is 0 Å². The molecule has 0 radical (unpaired) electrons. The molecule has 1 N–H and O–H groups in total. The van der Waals surface area contributed by atoms with E-state index in [-0.39, 0.29) is 5.60 Å². The maximum atomic E-state index is 5.97. The number of hydrogen-bond acceptors (Lipinski definition) is 3. The molecule has 0 aromatic heterocycles. The zero-order valence-electron chi connectivity index (χ0n) is 9.46. The van der Waals surface area contributed by atoms with Gasteiger partial charge in [0.2, 0.25) is 0 Å². The van der Waals surface area contributed by atoms with E-state index < -0.39 is 0 Å². The Morgan fingerprint density at radius 2 is 2.33 bits per heavy atom. The summed E-state index contributed by atoms with van der Waals surface area (Å²) in [5.41, 5.74) is 1.08. The molecule has 1 aromatic rings. The Morgan fingerprint density at radius 3 is 3.00 bits per heavy atom. The number of ether oxygens (including phenoxy) is 2. The summed E-state index contributed by atoms with van der Waals surface area (Å²) in [5.74, 6) is 1.73. The summed E-state index contributed by atoms with van der Waals surface area (Å²) < 4.78 is 11.3. The summed E-state index contributed by atoms with van der Waals surface area (Å²) in [7, 11) is 3.61. The van der Waals surface area contributed by atoms with Crippen molar-refractivity contribution >= 4 is 0 Å². The average Bonchev–Trinajstić information content (AvgIpc) is 2.53. The van der Waals surface area contributed by atoms with Gasteiger partial charge in [-0.15, -0.1) is 0 Å². The highest BCUT2D eigenvalue weighted by molar-refractivity contribution is 5.50. The smallest absolute Gasteiger partial charge is 0.165 e. The van der Waals surface area contributed by atoms with Crippen molar-refractivity contribution in [2.24, 2.45) is 0 Å². The molecular formula is C12H17NO2. The maximum absolute atomic E-state index is 5.97. The van der Waals surface area contributed by atoms with Gasteiger partial charge in [0, 0.05) is 18.5 Å². The topological polar surface area (TPSA) is 30.5 Å². The number of nitrogens with one attached hydrogen (secondary N) is 1. The fraction of sp³-hybridized carbons (Fsp3) is 0.500. The van der Waals surface area contributed by atoms with Crippen molar-refractivity contribution in [3.05, 3.63) is 23.8 Å². The number of methoxy groups -OCH3 is 1. The van der Waals surface area contributed by atoms with E-state index in [1.165, 1.54) is 5.56 Å². The predicted molar refractivity (Wildman–Crippen MR) is 59.7 cm³/mol. The van der Waals surface area contributed by atoms with E-state index in [9.17, 15) is 0 Å². The molecule has 0 aliphatic carbocycles. The first-order valence-electron chi connectivity index (χ1n) is 5.18. The molecule has 1 heterocycles. The van der Waals surface area contributed by atoms with E-state index in [1.807, 2.05) is 19.2 Å². The van der Waals surface area contributed by atoms with Gasteiger partial charge in [-0.05, 0) is 20.0 Å². The normalized spacial score (nSPS) is 23.4. The SMILES string of the molecule is CNCC1(C)Cc2cccc(OC)c2O1. The van der Waals surface area contributed by atoms with Crippen molar-refractivity contribution in [3.63, 3.8) is 0 Å². The second kappa shape index (κ2) is 3.74. The Kier molecular flexibility index (Phi) is 2.57. The van der Waals surface area contributed by atoms with E-state index in [2.05, 4.69) is 18.3 Å². The Balaban J connectivity index is 2.30. The molecule has 2 rings (SSSR count). The van der Waals surface area contributed by atoms with Crippen molar-refractivity contribution in [2.45, 2.75) is 18.9 Å². The summed E-state index contributed by atoms with van der Waals surface area (Å²) >= 11 is 0. The van der Waals surface area contributed by atoms with Gasteiger partial charge in [-0.2, -0.15) is 0 Å². The Labute approximate surface area is 90.4 Å². The first kappa shape index (κ1) is 10.3. The van der Waals surface area contributed by atoms with Crippen LogP contribution in [0.4, 0.5) is 0 Å². The molecule has 0 saturated heterocycles. The molecule has 0 fully saturated rings. The third-order valence-electron chi connectivity index (χ3n) is 2.74. The van der Waals surface area contributed by atoms with Gasteiger partial charge in [0.15, 0.2) is 11.5 Å². The lowest BCUT2D eigenvalue weighted by Gasteiger charge is -2.23. The second-order valence-corrected chi connectivity index (χ2v) is 4.21. The van der Waals surface area contributed by atoms with Gasteiger partial charge in [0.25, 0.3) is 0 Å². The number of hydrogen-bond donors (Lipinski definition) is 1. The lowest BCUT2D eigenvalue weighted by Crippen LogP contribution is -2.40. The molecule has 1 aromatic carbocycles. The largest absolute Gasteiger partial charge is 0.493 e. The van der Waals surface area contributed by atoms with Crippen LogP contribution in [0.15, 0.2) is 18.2 Å². The molecule has 1 unspecified atom stereocenters. The van der Waals surface area contributed by atoms with Crippen LogP contribution in [0.3, 0.4) is 0 Å². The van der Waals surface area contributed by atoms with Crippen LogP contribution in [0.5, 0.6) is 11.5 Å². The fourth-order valence-electron chi connectivity index (χ4n) is 2.13. The lowest BCUT2D eigenvalue weighted by atomic mass is 9.99. The highest BCUT2D eigenvalue weighted by atomic mass is 16.5. The summed E-state index contributed by atoms with van der Waals surface area (Å²) in [4.78, 5) is 0. The number of benzene rings is 1. The number of para-hydroxylation sites is 1. The van der Waals surface area contributed by atoms with Crippen LogP contribution in [0.1, 0.15) is 12.5 Å². The zero-order valence-corrected chi connectivity index (χ0v) is 9.46. The van der Waals surface area contributed by atoms with Gasteiger partial charge < -0.3 is 14.8 Å². The Morgan fingerprint density at radius 1 is 1.53 bits per heavy atom. The van der Waals surface area contributed by atoms with Crippen molar-refractivity contribution < 1.29 is 9.47 Å². The second-order valence-electron chi connectivity index (χ2n) is 4.21. The third-order valence-corrected chi connectivity index (χ3v) is 2.74. The molecular weight excluding hydrogens is 190 g/mol. The fourth-order valence-corrected chi connectivity index (χ4v) is 2.13. The van der Waals surface area contributed by atoms with Gasteiger partial charge in [-0.25, -0.2) is 0 Å². The summed E-state index contributed by atoms with van der Waals surface area (Å²) in [6.07, 6.45) is 0.931. The number of likely N-dealkylation sites (N-methyl/N-ethyl adjacent to an activating group) is 1. The van der Waals surface area contributed by atoms with Gasteiger partial charge in [0.05, 0.1) is 7.11 Å². The van der Waals surface area contributed by atoms with E-state index in [1.54, 1.807) is 7.11 Å². The first-order chi connectivity index (χ1) is 7.18. The summed E-state index contributed by atoms with van der Waals surface area (Å²) in [5, 5.41) is 3.16. The Hall–Kier alpha value is -1.22. The van der Waals surface area contributed by atoms with E-state index in [0.29, 0.717) is 0 Å². The minimum atomic E-state index is -0.147. The van der Waals surface area contributed by atoms with Crippen molar-refractivity contribution in [2.75, 3.05) is 20.7 Å². The highest BCUT2D eigenvalue weighted by Gasteiger charge is 2.35. The molecule has 0 bridgehead atoms. The van der Waals surface area contributed by atoms with Gasteiger partial charge in [-0.1, -0.05) is 12.1 Å². The minimum absolute atomic E-state index is 0.147. The Bertz CT molecular complexity index is 365. The van der Waals surface area contributed by atoms with Crippen LogP contribution in [-0.4, -0.2) is 26.3 Å². The quantitative estimate of drug-likeness (QED) is 0.816. The van der Waals surface area contributed by atoms with Crippen LogP contribution >= 0.6 is 0 Å². The van der Waals surface area contributed by atoms with Gasteiger partial charge in [0.1, 0.15) is 5.60 Å². The number of fused-ring (bicyclic) bond motifs is 1. The molecule has 82 valence electrons. The van der Waals surface area contributed by atoms with Crippen LogP contribution < -0.4 is 14.8 Å². The maximum Gasteiger partial charge on any atom is 0.165 e. The summed E-state index contributed by atoms with van der Waals surface area (Å²) in [6, 6.07) is 6.04. The van der Waals surface area contributed by atoms with E-state index >= 15 is 0 Å². The molecule has 1 aliphatic heterocycles. The highest BCUT2D eigenvalue weighted by Crippen LogP contribution is 2.41. The zero-order chi connectivity index (χ0) is 10.9. The molecule has 1 atom stereocenters. The molecule has 0 spiro atoms. The van der Waals surface area contributed by atoms with E-state index in [4.69, 9.17) is 9.47 Å². The lowest BCUT2D eigenvalue weighted by molar-refractivity contribution is 0.113. The van der Waals surface area contributed by atoms with Crippen molar-refractivity contribution in [3.8, 4) is 11.5 Å². The van der Waals surface area contributed by atoms with Crippen LogP contribution in [0.2, 0.25) is 0 Å². The molecule has 1 aliphatic rings. The average molecular weight is 207 g/mol. The monoisotopic (exact) mass is 207 g/mol.